The molecule has 3 nitrogen and oxygen atoms in total. The van der Waals surface area contributed by atoms with Crippen LogP contribution in [0.4, 0.5) is 0 Å². The lowest BCUT2D eigenvalue weighted by Gasteiger charge is -2.25. The molecule has 21 heavy (non-hydrogen) atoms. The van der Waals surface area contributed by atoms with E-state index >= 15 is 0 Å². The zero-order valence-electron chi connectivity index (χ0n) is 12.4. The van der Waals surface area contributed by atoms with Crippen LogP contribution in [0.2, 0.25) is 0 Å². The van der Waals surface area contributed by atoms with Gasteiger partial charge in [-0.1, -0.05) is 67.6 Å². The second-order valence-corrected chi connectivity index (χ2v) is 5.30. The van der Waals surface area contributed by atoms with Crippen LogP contribution in [0, 0.1) is 5.92 Å². The SMILES string of the molecule is CC(CN)C(=O)N(Cc1ccccc1)Cc1ccccc1. The molecule has 1 amide bonds. The molecule has 0 saturated carbocycles. The molecule has 0 saturated heterocycles. The first kappa shape index (κ1) is 15.3. The number of benzene rings is 2. The van der Waals surface area contributed by atoms with Crippen molar-refractivity contribution < 1.29 is 4.79 Å². The van der Waals surface area contributed by atoms with Gasteiger partial charge >= 0.3 is 0 Å². The molecule has 1 atom stereocenters. The Hall–Kier alpha value is -2.13. The normalized spacial score (nSPS) is 11.9. The number of hydrogen-bond donors (Lipinski definition) is 1. The Labute approximate surface area is 126 Å². The van der Waals surface area contributed by atoms with Gasteiger partial charge in [0.1, 0.15) is 0 Å². The highest BCUT2D eigenvalue weighted by Gasteiger charge is 2.19. The van der Waals surface area contributed by atoms with E-state index in [2.05, 4.69) is 0 Å². The largest absolute Gasteiger partial charge is 0.334 e. The predicted octanol–water partition coefficient (Wildman–Crippen LogP) is 2.81. The third-order valence-corrected chi connectivity index (χ3v) is 3.52. The fourth-order valence-corrected chi connectivity index (χ4v) is 2.23. The molecule has 0 aliphatic carbocycles. The summed E-state index contributed by atoms with van der Waals surface area (Å²) in [4.78, 5) is 14.4. The molecule has 2 N–H and O–H groups in total. The second-order valence-electron chi connectivity index (χ2n) is 5.30. The van der Waals surface area contributed by atoms with Crippen LogP contribution >= 0.6 is 0 Å². The molecule has 110 valence electrons. The molecule has 3 heteroatoms. The summed E-state index contributed by atoms with van der Waals surface area (Å²) in [7, 11) is 0. The maximum Gasteiger partial charge on any atom is 0.227 e. The van der Waals surface area contributed by atoms with E-state index in [1.54, 1.807) is 0 Å². The average Bonchev–Trinajstić information content (AvgIpc) is 2.54. The summed E-state index contributed by atoms with van der Waals surface area (Å²) in [6, 6.07) is 20.1. The van der Waals surface area contributed by atoms with Gasteiger partial charge in [0, 0.05) is 25.6 Å². The number of nitrogens with zero attached hydrogens (tertiary/aromatic N) is 1. The molecule has 0 aromatic heterocycles. The Morgan fingerprint density at radius 1 is 0.952 bits per heavy atom. The molecule has 1 unspecified atom stereocenters. The van der Waals surface area contributed by atoms with E-state index in [1.165, 1.54) is 0 Å². The second kappa shape index (κ2) is 7.60. The maximum absolute atomic E-state index is 12.5. The van der Waals surface area contributed by atoms with Gasteiger partial charge in [-0.05, 0) is 11.1 Å². The van der Waals surface area contributed by atoms with Crippen molar-refractivity contribution in [1.29, 1.82) is 0 Å². The lowest BCUT2D eigenvalue weighted by atomic mass is 10.1. The Morgan fingerprint density at radius 2 is 1.38 bits per heavy atom. The number of hydrogen-bond acceptors (Lipinski definition) is 2. The molecule has 0 bridgehead atoms. The van der Waals surface area contributed by atoms with Gasteiger partial charge in [-0.2, -0.15) is 0 Å². The molecular formula is C18H22N2O. The first-order valence-electron chi connectivity index (χ1n) is 7.27. The molecule has 2 rings (SSSR count). The van der Waals surface area contributed by atoms with E-state index in [4.69, 9.17) is 5.73 Å². The maximum atomic E-state index is 12.5. The zero-order valence-corrected chi connectivity index (χ0v) is 12.4. The first-order chi connectivity index (χ1) is 10.2. The molecule has 0 radical (unpaired) electrons. The van der Waals surface area contributed by atoms with E-state index in [0.717, 1.165) is 11.1 Å². The fourth-order valence-electron chi connectivity index (χ4n) is 2.23. The summed E-state index contributed by atoms with van der Waals surface area (Å²) >= 11 is 0. The van der Waals surface area contributed by atoms with E-state index in [9.17, 15) is 4.79 Å². The Bertz CT molecular complexity index is 512. The minimum Gasteiger partial charge on any atom is -0.334 e. The van der Waals surface area contributed by atoms with Crippen molar-refractivity contribution in [2.75, 3.05) is 6.54 Å². The summed E-state index contributed by atoms with van der Waals surface area (Å²) in [6.45, 7) is 3.47. The van der Waals surface area contributed by atoms with Crippen LogP contribution in [0.5, 0.6) is 0 Å². The molecule has 0 heterocycles. The molecule has 0 aliphatic heterocycles. The zero-order chi connectivity index (χ0) is 15.1. The van der Waals surface area contributed by atoms with Gasteiger partial charge < -0.3 is 10.6 Å². The summed E-state index contributed by atoms with van der Waals surface area (Å²) in [5.74, 6) is -0.0531. The van der Waals surface area contributed by atoms with Crippen molar-refractivity contribution in [3.63, 3.8) is 0 Å². The highest BCUT2D eigenvalue weighted by atomic mass is 16.2. The highest BCUT2D eigenvalue weighted by Crippen LogP contribution is 2.13. The average molecular weight is 282 g/mol. The van der Waals surface area contributed by atoms with Crippen LogP contribution in [0.1, 0.15) is 18.1 Å². The number of carbonyl (C=O) groups excluding carboxylic acids is 1. The Morgan fingerprint density at radius 3 is 1.76 bits per heavy atom. The first-order valence-corrected chi connectivity index (χ1v) is 7.27. The van der Waals surface area contributed by atoms with E-state index < -0.39 is 0 Å². The van der Waals surface area contributed by atoms with E-state index in [0.29, 0.717) is 19.6 Å². The van der Waals surface area contributed by atoms with Crippen LogP contribution in [0.3, 0.4) is 0 Å². The number of nitrogens with two attached hydrogens (primary N) is 1. The molecule has 0 aliphatic rings. The molecular weight excluding hydrogens is 260 g/mol. The lowest BCUT2D eigenvalue weighted by Crippen LogP contribution is -2.37. The molecule has 2 aromatic carbocycles. The summed E-state index contributed by atoms with van der Waals surface area (Å²) in [6.07, 6.45) is 0. The van der Waals surface area contributed by atoms with Crippen molar-refractivity contribution in [2.24, 2.45) is 11.7 Å². The Kier molecular flexibility index (Phi) is 5.52. The van der Waals surface area contributed by atoms with Gasteiger partial charge in [-0.25, -0.2) is 0 Å². The topological polar surface area (TPSA) is 46.3 Å². The van der Waals surface area contributed by atoms with Gasteiger partial charge in [-0.15, -0.1) is 0 Å². The fraction of sp³-hybridized carbons (Fsp3) is 0.278. The van der Waals surface area contributed by atoms with Gasteiger partial charge in [0.2, 0.25) is 5.91 Å². The summed E-state index contributed by atoms with van der Waals surface area (Å²) in [5.41, 5.74) is 7.91. The van der Waals surface area contributed by atoms with E-state index in [-0.39, 0.29) is 11.8 Å². The third-order valence-electron chi connectivity index (χ3n) is 3.52. The van der Waals surface area contributed by atoms with Crippen molar-refractivity contribution in [3.8, 4) is 0 Å². The predicted molar refractivity (Wildman–Crippen MR) is 85.4 cm³/mol. The van der Waals surface area contributed by atoms with Crippen LogP contribution in [0.15, 0.2) is 60.7 Å². The number of amides is 1. The van der Waals surface area contributed by atoms with Crippen LogP contribution < -0.4 is 5.73 Å². The number of carbonyl (C=O) groups is 1. The van der Waals surface area contributed by atoms with Gasteiger partial charge in [-0.3, -0.25) is 4.79 Å². The van der Waals surface area contributed by atoms with Crippen LogP contribution in [-0.2, 0) is 17.9 Å². The van der Waals surface area contributed by atoms with Gasteiger partial charge in [0.15, 0.2) is 0 Å². The highest BCUT2D eigenvalue weighted by molar-refractivity contribution is 5.78. The third kappa shape index (κ3) is 4.43. The quantitative estimate of drug-likeness (QED) is 0.885. The molecule has 2 aromatic rings. The van der Waals surface area contributed by atoms with E-state index in [1.807, 2.05) is 72.5 Å². The monoisotopic (exact) mass is 282 g/mol. The lowest BCUT2D eigenvalue weighted by molar-refractivity contribution is -0.136. The minimum absolute atomic E-state index is 0.102. The molecule has 0 spiro atoms. The number of rotatable bonds is 6. The smallest absolute Gasteiger partial charge is 0.227 e. The Balaban J connectivity index is 2.16. The van der Waals surface area contributed by atoms with Gasteiger partial charge in [0.05, 0.1) is 0 Å². The van der Waals surface area contributed by atoms with Crippen molar-refractivity contribution >= 4 is 5.91 Å². The summed E-state index contributed by atoms with van der Waals surface area (Å²) < 4.78 is 0. The van der Waals surface area contributed by atoms with Crippen molar-refractivity contribution in [2.45, 2.75) is 20.0 Å². The summed E-state index contributed by atoms with van der Waals surface area (Å²) in [5, 5.41) is 0. The van der Waals surface area contributed by atoms with Gasteiger partial charge in [0.25, 0.3) is 0 Å². The van der Waals surface area contributed by atoms with Crippen molar-refractivity contribution in [1.82, 2.24) is 4.90 Å². The molecule has 0 fully saturated rings. The minimum atomic E-state index is -0.155. The van der Waals surface area contributed by atoms with Crippen molar-refractivity contribution in [3.05, 3.63) is 71.8 Å². The standard InChI is InChI=1S/C18H22N2O/c1-15(12-19)18(21)20(13-16-8-4-2-5-9-16)14-17-10-6-3-7-11-17/h2-11,15H,12-14,19H2,1H3. The van der Waals surface area contributed by atoms with Crippen LogP contribution in [-0.4, -0.2) is 17.4 Å². The van der Waals surface area contributed by atoms with Crippen LogP contribution in [0.25, 0.3) is 0 Å².